The molecule has 5 heteroatoms. The van der Waals surface area contributed by atoms with E-state index in [0.717, 1.165) is 17.5 Å². The van der Waals surface area contributed by atoms with E-state index < -0.39 is 10.5 Å². The third-order valence-corrected chi connectivity index (χ3v) is 4.08. The monoisotopic (exact) mass is 304 g/mol. The number of nitrogens with two attached hydrogens (primary N) is 1. The Balaban J connectivity index is 2.33. The second-order valence-corrected chi connectivity index (χ2v) is 5.49. The number of non-ortho nitro benzene ring substituents is 1. The Bertz CT molecular complexity index is 646. The van der Waals surface area contributed by atoms with Crippen molar-refractivity contribution in [1.29, 1.82) is 0 Å². The summed E-state index contributed by atoms with van der Waals surface area (Å²) in [7, 11) is 0. The summed E-state index contributed by atoms with van der Waals surface area (Å²) in [6.07, 6.45) is 1.27. The maximum atomic E-state index is 10.7. The Hall–Kier alpha value is -1.91. The van der Waals surface area contributed by atoms with Gasteiger partial charge >= 0.3 is 0 Å². The molecule has 0 saturated heterocycles. The molecule has 0 fully saturated rings. The molecule has 0 heterocycles. The van der Waals surface area contributed by atoms with Crippen LogP contribution in [0.25, 0.3) is 0 Å². The molecule has 2 N–H and O–H groups in total. The molecule has 0 aliphatic heterocycles. The van der Waals surface area contributed by atoms with Gasteiger partial charge in [-0.05, 0) is 24.0 Å². The van der Waals surface area contributed by atoms with E-state index >= 15 is 0 Å². The van der Waals surface area contributed by atoms with E-state index in [1.54, 1.807) is 6.07 Å². The Morgan fingerprint density at radius 3 is 2.43 bits per heavy atom. The van der Waals surface area contributed by atoms with Crippen molar-refractivity contribution in [2.75, 3.05) is 0 Å². The molecule has 1 unspecified atom stereocenters. The molecule has 2 rings (SSSR count). The van der Waals surface area contributed by atoms with E-state index in [2.05, 4.69) is 0 Å². The van der Waals surface area contributed by atoms with Gasteiger partial charge in [0.1, 0.15) is 0 Å². The lowest BCUT2D eigenvalue weighted by Crippen LogP contribution is -2.38. The Morgan fingerprint density at radius 1 is 1.24 bits per heavy atom. The van der Waals surface area contributed by atoms with Crippen molar-refractivity contribution in [2.45, 2.75) is 25.3 Å². The fraction of sp³-hybridized carbons (Fsp3) is 0.250. The second-order valence-electron chi connectivity index (χ2n) is 5.09. The zero-order valence-electron chi connectivity index (χ0n) is 11.8. The predicted octanol–water partition coefficient (Wildman–Crippen LogP) is 4.05. The summed E-state index contributed by atoms with van der Waals surface area (Å²) in [5.41, 5.74) is 7.82. The van der Waals surface area contributed by atoms with Crippen LogP contribution in [0.3, 0.4) is 0 Å². The van der Waals surface area contributed by atoms with Gasteiger partial charge < -0.3 is 5.73 Å². The summed E-state index contributed by atoms with van der Waals surface area (Å²) in [4.78, 5) is 10.3. The molecule has 4 nitrogen and oxygen atoms in total. The number of rotatable bonds is 5. The van der Waals surface area contributed by atoms with Gasteiger partial charge in [-0.25, -0.2) is 0 Å². The van der Waals surface area contributed by atoms with E-state index in [-0.39, 0.29) is 5.69 Å². The van der Waals surface area contributed by atoms with Crippen LogP contribution in [-0.4, -0.2) is 4.92 Å². The van der Waals surface area contributed by atoms with Gasteiger partial charge in [0.2, 0.25) is 0 Å². The number of nitro groups is 1. The topological polar surface area (TPSA) is 69.2 Å². The first-order chi connectivity index (χ1) is 9.96. The number of hydrogen-bond acceptors (Lipinski definition) is 3. The Morgan fingerprint density at radius 2 is 1.90 bits per heavy atom. The van der Waals surface area contributed by atoms with E-state index in [1.807, 2.05) is 37.3 Å². The first-order valence-electron chi connectivity index (χ1n) is 6.73. The maximum absolute atomic E-state index is 10.7. The van der Waals surface area contributed by atoms with Crippen LogP contribution in [0, 0.1) is 10.1 Å². The number of hydrogen-bond donors (Lipinski definition) is 1. The number of nitrogens with zero attached hydrogens (tertiary/aromatic N) is 1. The van der Waals surface area contributed by atoms with Crippen LogP contribution in [0.2, 0.25) is 5.02 Å². The van der Waals surface area contributed by atoms with Gasteiger partial charge in [0.15, 0.2) is 0 Å². The van der Waals surface area contributed by atoms with Crippen LogP contribution in [0.1, 0.15) is 24.5 Å². The highest BCUT2D eigenvalue weighted by atomic mass is 35.5. The molecular weight excluding hydrogens is 288 g/mol. The van der Waals surface area contributed by atoms with Gasteiger partial charge in [0.25, 0.3) is 5.69 Å². The van der Waals surface area contributed by atoms with Gasteiger partial charge in [-0.2, -0.15) is 0 Å². The van der Waals surface area contributed by atoms with Crippen LogP contribution in [0.5, 0.6) is 0 Å². The first kappa shape index (κ1) is 15.5. The lowest BCUT2D eigenvalue weighted by molar-refractivity contribution is -0.384. The van der Waals surface area contributed by atoms with Crippen molar-refractivity contribution in [3.05, 3.63) is 74.8 Å². The number of nitro benzene ring substituents is 1. The standard InChI is InChI=1S/C16H17ClN2O2/c1-2-16(18,13-6-4-3-5-7-13)11-12-8-9-14(19(20)21)10-15(12)17/h3-10H,2,11,18H2,1H3. The Labute approximate surface area is 128 Å². The van der Waals surface area contributed by atoms with Crippen molar-refractivity contribution in [3.8, 4) is 0 Å². The van der Waals surface area contributed by atoms with Crippen molar-refractivity contribution in [2.24, 2.45) is 5.73 Å². The van der Waals surface area contributed by atoms with E-state index in [4.69, 9.17) is 17.3 Å². The van der Waals surface area contributed by atoms with E-state index in [1.165, 1.54) is 12.1 Å². The normalized spacial score (nSPS) is 13.7. The summed E-state index contributed by atoms with van der Waals surface area (Å²) in [5.74, 6) is 0. The van der Waals surface area contributed by atoms with Crippen molar-refractivity contribution >= 4 is 17.3 Å². The largest absolute Gasteiger partial charge is 0.321 e. The maximum Gasteiger partial charge on any atom is 0.270 e. The minimum atomic E-state index is -0.541. The van der Waals surface area contributed by atoms with Crippen LogP contribution in [0.4, 0.5) is 5.69 Å². The molecule has 0 saturated carbocycles. The smallest absolute Gasteiger partial charge is 0.270 e. The third-order valence-electron chi connectivity index (χ3n) is 3.73. The molecular formula is C16H17ClN2O2. The third kappa shape index (κ3) is 3.40. The molecule has 1 atom stereocenters. The van der Waals surface area contributed by atoms with Gasteiger partial charge in [0.05, 0.1) is 9.95 Å². The van der Waals surface area contributed by atoms with Crippen molar-refractivity contribution < 1.29 is 4.92 Å². The van der Waals surface area contributed by atoms with Crippen LogP contribution in [0.15, 0.2) is 48.5 Å². The van der Waals surface area contributed by atoms with Crippen molar-refractivity contribution in [3.63, 3.8) is 0 Å². The molecule has 0 aliphatic carbocycles. The lowest BCUT2D eigenvalue weighted by Gasteiger charge is -2.29. The Kier molecular flexibility index (Phi) is 4.60. The summed E-state index contributed by atoms with van der Waals surface area (Å²) >= 11 is 6.16. The van der Waals surface area contributed by atoms with Crippen molar-refractivity contribution in [1.82, 2.24) is 0 Å². The number of halogens is 1. The minimum Gasteiger partial charge on any atom is -0.321 e. The molecule has 0 aromatic heterocycles. The molecule has 0 amide bonds. The fourth-order valence-corrected chi connectivity index (χ4v) is 2.58. The molecule has 110 valence electrons. The summed E-state index contributed by atoms with van der Waals surface area (Å²) in [6.45, 7) is 2.02. The minimum absolute atomic E-state index is 0.0115. The quantitative estimate of drug-likeness (QED) is 0.669. The molecule has 21 heavy (non-hydrogen) atoms. The highest BCUT2D eigenvalue weighted by Gasteiger charge is 2.26. The van der Waals surface area contributed by atoms with Gasteiger partial charge in [-0.3, -0.25) is 10.1 Å². The lowest BCUT2D eigenvalue weighted by atomic mass is 9.82. The average Bonchev–Trinajstić information content (AvgIpc) is 2.50. The molecule has 0 bridgehead atoms. The van der Waals surface area contributed by atoms with Crippen LogP contribution < -0.4 is 5.73 Å². The average molecular weight is 305 g/mol. The molecule has 0 aliphatic rings. The first-order valence-corrected chi connectivity index (χ1v) is 7.11. The molecule has 0 spiro atoms. The highest BCUT2D eigenvalue weighted by molar-refractivity contribution is 6.31. The van der Waals surface area contributed by atoms with E-state index in [9.17, 15) is 10.1 Å². The second kappa shape index (κ2) is 6.24. The van der Waals surface area contributed by atoms with Gasteiger partial charge in [-0.1, -0.05) is 54.9 Å². The molecule has 0 radical (unpaired) electrons. The van der Waals surface area contributed by atoms with Gasteiger partial charge in [-0.15, -0.1) is 0 Å². The fourth-order valence-electron chi connectivity index (χ4n) is 2.33. The predicted molar refractivity (Wildman–Crippen MR) is 84.4 cm³/mol. The van der Waals surface area contributed by atoms with E-state index in [0.29, 0.717) is 11.4 Å². The summed E-state index contributed by atoms with van der Waals surface area (Å²) in [6, 6.07) is 14.3. The van der Waals surface area contributed by atoms with Crippen LogP contribution >= 0.6 is 11.6 Å². The SMILES string of the molecule is CCC(N)(Cc1ccc([N+](=O)[O-])cc1Cl)c1ccccc1. The zero-order chi connectivity index (χ0) is 15.5. The van der Waals surface area contributed by atoms with Gasteiger partial charge in [0, 0.05) is 17.7 Å². The van der Waals surface area contributed by atoms with Crippen LogP contribution in [-0.2, 0) is 12.0 Å². The highest BCUT2D eigenvalue weighted by Crippen LogP contribution is 2.31. The molecule has 2 aromatic carbocycles. The summed E-state index contributed by atoms with van der Waals surface area (Å²) < 4.78 is 0. The summed E-state index contributed by atoms with van der Waals surface area (Å²) in [5, 5.41) is 11.1. The molecule has 2 aromatic rings. The zero-order valence-corrected chi connectivity index (χ0v) is 12.5. The number of benzene rings is 2.